The molecule has 0 unspecified atom stereocenters. The van der Waals surface area contributed by atoms with Crippen LogP contribution < -0.4 is 37.2 Å². The summed E-state index contributed by atoms with van der Waals surface area (Å²) < 4.78 is 0. The number of aliphatic hydroxyl groups is 1. The van der Waals surface area contributed by atoms with Gasteiger partial charge in [-0.15, -0.1) is 0 Å². The Balaban J connectivity index is 2.14. The summed E-state index contributed by atoms with van der Waals surface area (Å²) in [6.07, 6.45) is -2.47. The molecule has 67 heavy (non-hydrogen) atoms. The molecule has 2 fully saturated rings. The first-order chi connectivity index (χ1) is 31.6. The van der Waals surface area contributed by atoms with Crippen LogP contribution in [0.1, 0.15) is 103 Å². The molecule has 0 spiro atoms. The molecular weight excluding hydrogens is 885 g/mol. The number of fused-ring (bicyclic) bond motifs is 1. The van der Waals surface area contributed by atoms with Gasteiger partial charge in [0.1, 0.15) is 48.0 Å². The van der Waals surface area contributed by atoms with E-state index in [1.165, 1.54) is 38.1 Å². The highest BCUT2D eigenvalue weighted by Crippen LogP contribution is 2.21. The second kappa shape index (κ2) is 26.3. The molecule has 24 heteroatoms. The van der Waals surface area contributed by atoms with Gasteiger partial charge < -0.3 is 67.7 Å². The van der Waals surface area contributed by atoms with E-state index in [0.717, 1.165) is 17.7 Å². The number of carboxylic acid groups (broad SMARTS) is 3. The second-order valence-corrected chi connectivity index (χ2v) is 16.7. The van der Waals surface area contributed by atoms with Gasteiger partial charge in [0.05, 0.1) is 18.9 Å². The number of nitrogens with zero attached hydrogens (tertiary/aromatic N) is 1. The minimum absolute atomic E-state index is 0.0605. The van der Waals surface area contributed by atoms with Crippen LogP contribution in [-0.4, -0.2) is 157 Å². The molecular formula is C43H62N8O16. The molecule has 2 saturated heterocycles. The summed E-state index contributed by atoms with van der Waals surface area (Å²) in [4.78, 5) is 147. The van der Waals surface area contributed by atoms with Crippen molar-refractivity contribution in [1.29, 1.82) is 0 Å². The van der Waals surface area contributed by atoms with Crippen LogP contribution in [0.2, 0.25) is 0 Å². The van der Waals surface area contributed by atoms with Gasteiger partial charge in [0, 0.05) is 31.8 Å². The average Bonchev–Trinajstić information content (AvgIpc) is 3.75. The van der Waals surface area contributed by atoms with Crippen molar-refractivity contribution in [1.82, 2.24) is 42.1 Å². The van der Waals surface area contributed by atoms with Crippen molar-refractivity contribution < 1.29 is 78.3 Å². The number of aliphatic hydroxyl groups excluding tert-OH is 1. The average molecular weight is 947 g/mol. The van der Waals surface area contributed by atoms with E-state index in [1.54, 1.807) is 0 Å². The maximum absolute atomic E-state index is 14.1. The van der Waals surface area contributed by atoms with Gasteiger partial charge in [0.15, 0.2) is 0 Å². The number of phenolic OH excluding ortho intramolecular Hbond substituents is 1. The quantitative estimate of drug-likeness (QED) is 0.0839. The van der Waals surface area contributed by atoms with E-state index in [0.29, 0.717) is 18.4 Å². The summed E-state index contributed by atoms with van der Waals surface area (Å²) in [6.45, 7) is 4.38. The minimum atomic E-state index is -1.99. The third kappa shape index (κ3) is 17.8. The zero-order valence-electron chi connectivity index (χ0n) is 37.6. The van der Waals surface area contributed by atoms with E-state index in [9.17, 15) is 78.3 Å². The summed E-state index contributed by atoms with van der Waals surface area (Å²) in [5.74, 6) is -13.0. The largest absolute Gasteiger partial charge is 0.508 e. The molecule has 3 rings (SSSR count). The predicted octanol–water partition coefficient (Wildman–Crippen LogP) is -2.09. The SMILES string of the molecule is CCCCCC[C@H]1CC(=O)N[C@@H](CC(=O)O)C(=O)N[C@H](Cc2ccc(O)cc2)C(=O)N[C@H](CC(=O)O)C(=O)N[C@@H](CCC(=O)O)C(=O)N2CCC[C@H]2C(=O)N[C@H](C)C(=O)N[C@@H]([C@@H](C)O)C(=O)N1. The summed E-state index contributed by atoms with van der Waals surface area (Å²) >= 11 is 0. The number of rotatable bonds is 15. The zero-order chi connectivity index (χ0) is 50.0. The molecule has 1 aromatic rings. The number of amides is 8. The van der Waals surface area contributed by atoms with Crippen molar-refractivity contribution in [3.8, 4) is 5.75 Å². The third-order valence-corrected chi connectivity index (χ3v) is 11.2. The second-order valence-electron chi connectivity index (χ2n) is 16.7. The fourth-order valence-electron chi connectivity index (χ4n) is 7.56. The number of hydrogen-bond donors (Lipinski definition) is 12. The molecule has 1 aromatic carbocycles. The molecule has 24 nitrogen and oxygen atoms in total. The predicted molar refractivity (Wildman–Crippen MR) is 232 cm³/mol. The molecule has 12 N–H and O–H groups in total. The van der Waals surface area contributed by atoms with Crippen LogP contribution in [0.15, 0.2) is 24.3 Å². The minimum Gasteiger partial charge on any atom is -0.508 e. The highest BCUT2D eigenvalue weighted by Gasteiger charge is 2.41. The van der Waals surface area contributed by atoms with Crippen molar-refractivity contribution >= 4 is 65.2 Å². The maximum atomic E-state index is 14.1. The van der Waals surface area contributed by atoms with Gasteiger partial charge >= 0.3 is 17.9 Å². The zero-order valence-corrected chi connectivity index (χ0v) is 37.6. The first-order valence-corrected chi connectivity index (χ1v) is 22.1. The lowest BCUT2D eigenvalue weighted by Gasteiger charge is -2.30. The van der Waals surface area contributed by atoms with E-state index in [1.807, 2.05) is 6.92 Å². The molecule has 370 valence electrons. The van der Waals surface area contributed by atoms with Crippen LogP contribution in [0.3, 0.4) is 0 Å². The maximum Gasteiger partial charge on any atom is 0.305 e. The third-order valence-electron chi connectivity index (χ3n) is 11.2. The fourth-order valence-corrected chi connectivity index (χ4v) is 7.56. The number of unbranched alkanes of at least 4 members (excludes halogenated alkanes) is 3. The van der Waals surface area contributed by atoms with Crippen LogP contribution in [0.25, 0.3) is 0 Å². The van der Waals surface area contributed by atoms with Crippen LogP contribution in [0, 0.1) is 0 Å². The first kappa shape index (κ1) is 54.5. The normalized spacial score (nSPS) is 25.9. The van der Waals surface area contributed by atoms with Crippen molar-refractivity contribution in [2.24, 2.45) is 0 Å². The van der Waals surface area contributed by atoms with Crippen LogP contribution in [-0.2, 0) is 59.2 Å². The van der Waals surface area contributed by atoms with Gasteiger partial charge in [-0.05, 0) is 57.2 Å². The van der Waals surface area contributed by atoms with E-state index >= 15 is 0 Å². The van der Waals surface area contributed by atoms with E-state index in [-0.39, 0.29) is 31.6 Å². The molecule has 2 aliphatic rings. The highest BCUT2D eigenvalue weighted by molar-refractivity contribution is 5.99. The van der Waals surface area contributed by atoms with E-state index in [4.69, 9.17) is 0 Å². The molecule has 0 radical (unpaired) electrons. The molecule has 2 heterocycles. The summed E-state index contributed by atoms with van der Waals surface area (Å²) in [7, 11) is 0. The Morgan fingerprint density at radius 2 is 1.25 bits per heavy atom. The molecule has 0 aromatic heterocycles. The summed E-state index contributed by atoms with van der Waals surface area (Å²) in [6, 6.07) is -7.26. The molecule has 0 aliphatic carbocycles. The number of hydrogen-bond acceptors (Lipinski definition) is 13. The van der Waals surface area contributed by atoms with Gasteiger partial charge in [-0.25, -0.2) is 0 Å². The van der Waals surface area contributed by atoms with Crippen molar-refractivity contribution in [3.63, 3.8) is 0 Å². The van der Waals surface area contributed by atoms with Crippen molar-refractivity contribution in [2.45, 2.75) is 159 Å². The first-order valence-electron chi connectivity index (χ1n) is 22.1. The Bertz CT molecular complexity index is 1980. The van der Waals surface area contributed by atoms with Gasteiger partial charge in [-0.1, -0.05) is 44.7 Å². The Morgan fingerprint density at radius 3 is 1.84 bits per heavy atom. The lowest BCUT2D eigenvalue weighted by atomic mass is 10.0. The van der Waals surface area contributed by atoms with Crippen LogP contribution in [0.4, 0.5) is 0 Å². The van der Waals surface area contributed by atoms with Crippen molar-refractivity contribution in [3.05, 3.63) is 29.8 Å². The van der Waals surface area contributed by atoms with Crippen LogP contribution in [0.5, 0.6) is 5.75 Å². The molecule has 0 bridgehead atoms. The number of carbonyl (C=O) groups is 11. The molecule has 2 aliphatic heterocycles. The summed E-state index contributed by atoms with van der Waals surface area (Å²) in [5.41, 5.74) is 0.298. The standard InChI is InChI=1S/C43H62N8O16/c1-4-5-6-7-9-25-19-32(54)46-29(20-34(57)58)39(63)48-28(18-24-11-13-26(53)14-12-24)38(62)49-30(21-35(59)60)40(64)47-27(15-16-33(55)56)43(67)51-17-8-10-31(51)41(65)44-22(2)37(61)50-36(23(3)52)42(66)45-25/h11-14,22-23,25,27-31,36,52-53H,4-10,15-21H2,1-3H3,(H,44,65)(H,45,66)(H,46,54)(H,47,64)(H,48,63)(H,49,62)(H,50,61)(H,55,56)(H,57,58)(H,59,60)/t22-,23-,25+,27+,28-,29+,30-,31+,36+/m1/s1. The molecule has 8 amide bonds. The Hall–Kier alpha value is -6.85. The Kier molecular flexibility index (Phi) is 21.4. The highest BCUT2D eigenvalue weighted by atomic mass is 16.4. The van der Waals surface area contributed by atoms with E-state index in [2.05, 4.69) is 37.2 Å². The number of carboxylic acids is 3. The Labute approximate surface area is 385 Å². The Morgan fingerprint density at radius 1 is 0.672 bits per heavy atom. The van der Waals surface area contributed by atoms with Gasteiger partial charge in [-0.3, -0.25) is 52.7 Å². The number of carbonyl (C=O) groups excluding carboxylic acids is 8. The van der Waals surface area contributed by atoms with E-state index < -0.39 is 158 Å². The number of benzene rings is 1. The van der Waals surface area contributed by atoms with Crippen molar-refractivity contribution in [2.75, 3.05) is 6.54 Å². The van der Waals surface area contributed by atoms with Gasteiger partial charge in [0.2, 0.25) is 47.3 Å². The number of phenols is 1. The van der Waals surface area contributed by atoms with Gasteiger partial charge in [0.25, 0.3) is 0 Å². The van der Waals surface area contributed by atoms with Crippen LogP contribution >= 0.6 is 0 Å². The topological polar surface area (TPSA) is 376 Å². The van der Waals surface area contributed by atoms with Gasteiger partial charge in [-0.2, -0.15) is 0 Å². The summed E-state index contributed by atoms with van der Waals surface area (Å²) in [5, 5.41) is 66.2. The number of nitrogens with one attached hydrogen (secondary N) is 7. The molecule has 0 saturated carbocycles. The lowest BCUT2D eigenvalue weighted by Crippen LogP contribution is -2.60. The fraction of sp³-hybridized carbons (Fsp3) is 0.605. The number of aliphatic carboxylic acids is 3. The number of aromatic hydroxyl groups is 1. The smallest absolute Gasteiger partial charge is 0.305 e. The lowest BCUT2D eigenvalue weighted by molar-refractivity contribution is -0.144. The molecule has 9 atom stereocenters. The monoisotopic (exact) mass is 946 g/mol.